The predicted molar refractivity (Wildman–Crippen MR) is 171 cm³/mol. The van der Waals surface area contributed by atoms with E-state index < -0.39 is 36.0 Å². The summed E-state index contributed by atoms with van der Waals surface area (Å²) < 4.78 is 45.6. The lowest BCUT2D eigenvalue weighted by Crippen LogP contribution is -2.45. The summed E-state index contributed by atoms with van der Waals surface area (Å²) in [6.45, 7) is 4.81. The number of hydrogen-bond donors (Lipinski definition) is 0. The molecule has 0 bridgehead atoms. The van der Waals surface area contributed by atoms with Crippen molar-refractivity contribution in [3.8, 4) is 11.1 Å². The van der Waals surface area contributed by atoms with Gasteiger partial charge in [0, 0.05) is 48.3 Å². The first-order valence-electron chi connectivity index (χ1n) is 15.1. The molecule has 1 amide bonds. The van der Waals surface area contributed by atoms with Crippen molar-refractivity contribution in [1.82, 2.24) is 34.5 Å². The molecule has 246 valence electrons. The van der Waals surface area contributed by atoms with Gasteiger partial charge >= 0.3 is 6.18 Å². The number of piperidine rings is 1. The van der Waals surface area contributed by atoms with Crippen molar-refractivity contribution in [3.05, 3.63) is 69.6 Å². The lowest BCUT2D eigenvalue weighted by molar-refractivity contribution is -0.139. The summed E-state index contributed by atoms with van der Waals surface area (Å²) in [5.74, 6) is -0.819. The van der Waals surface area contributed by atoms with Crippen LogP contribution in [0.2, 0.25) is 0 Å². The zero-order valence-electron chi connectivity index (χ0n) is 26.5. The molecule has 14 heteroatoms. The van der Waals surface area contributed by atoms with Gasteiger partial charge < -0.3 is 9.80 Å². The highest BCUT2D eigenvalue weighted by Gasteiger charge is 2.66. The molecule has 47 heavy (non-hydrogen) atoms. The Morgan fingerprint density at radius 3 is 2.40 bits per heavy atom. The van der Waals surface area contributed by atoms with E-state index in [9.17, 15) is 27.6 Å². The van der Waals surface area contributed by atoms with Gasteiger partial charge in [0.15, 0.2) is 11.6 Å². The molecule has 2 aliphatic rings. The second-order valence-electron chi connectivity index (χ2n) is 12.9. The standard InChI is InChI=1S/C33H33BrF3N7O3/c1-17-6-7-28(34)40-24(17)10-26(46)25-11-32(16-42(4)5)12-27(32)44(25)29(47)15-43-31-22(30(41-43)18(2)45)8-20(9-23(31)33(35,36)37)21-13-38-19(3)39-14-21/h6-9,13-14,25,27H,10-12,15-16H2,1-5H3/t25-,27+,32-/m0/s1. The highest BCUT2D eigenvalue weighted by Crippen LogP contribution is 2.60. The van der Waals surface area contributed by atoms with Crippen molar-refractivity contribution in [1.29, 1.82) is 0 Å². The minimum atomic E-state index is -4.84. The van der Waals surface area contributed by atoms with Crippen LogP contribution in [-0.2, 0) is 28.7 Å². The van der Waals surface area contributed by atoms with Crippen LogP contribution >= 0.6 is 15.9 Å². The van der Waals surface area contributed by atoms with Crippen molar-refractivity contribution in [3.63, 3.8) is 0 Å². The highest BCUT2D eigenvalue weighted by atomic mass is 79.9. The number of alkyl halides is 3. The van der Waals surface area contributed by atoms with Crippen molar-refractivity contribution in [2.75, 3.05) is 20.6 Å². The van der Waals surface area contributed by atoms with Crippen LogP contribution in [0.1, 0.15) is 52.9 Å². The Labute approximate surface area is 277 Å². The second-order valence-corrected chi connectivity index (χ2v) is 13.7. The fourth-order valence-electron chi connectivity index (χ4n) is 6.95. The van der Waals surface area contributed by atoms with Gasteiger partial charge in [0.05, 0.1) is 29.2 Å². The normalized spacial score (nSPS) is 20.6. The van der Waals surface area contributed by atoms with Crippen molar-refractivity contribution in [2.45, 2.75) is 64.8 Å². The maximum absolute atomic E-state index is 14.7. The average Bonchev–Trinajstić information content (AvgIpc) is 3.38. The summed E-state index contributed by atoms with van der Waals surface area (Å²) in [4.78, 5) is 56.9. The van der Waals surface area contributed by atoms with Crippen LogP contribution in [0.5, 0.6) is 0 Å². The summed E-state index contributed by atoms with van der Waals surface area (Å²) in [7, 11) is 3.85. The first kappa shape index (κ1) is 32.9. The molecule has 0 spiro atoms. The highest BCUT2D eigenvalue weighted by molar-refractivity contribution is 9.10. The Morgan fingerprint density at radius 1 is 1.06 bits per heavy atom. The average molecular weight is 713 g/mol. The van der Waals surface area contributed by atoms with E-state index in [2.05, 4.69) is 36.0 Å². The first-order chi connectivity index (χ1) is 22.1. The molecule has 4 aromatic rings. The Balaban J connectivity index is 1.40. The molecule has 10 nitrogen and oxygen atoms in total. The summed E-state index contributed by atoms with van der Waals surface area (Å²) in [5, 5.41) is 4.23. The third kappa shape index (κ3) is 6.20. The molecule has 3 atom stereocenters. The molecule has 0 N–H and O–H groups in total. The van der Waals surface area contributed by atoms with E-state index in [0.29, 0.717) is 41.1 Å². The number of nitrogens with zero attached hydrogens (tertiary/aromatic N) is 7. The molecule has 2 fully saturated rings. The zero-order chi connectivity index (χ0) is 34.0. The van der Waals surface area contributed by atoms with E-state index in [1.54, 1.807) is 17.9 Å². The number of rotatable bonds is 9. The number of carbonyl (C=O) groups excluding carboxylic acids is 3. The molecular formula is C33H33BrF3N7O3. The molecule has 1 aromatic carbocycles. The van der Waals surface area contributed by atoms with Gasteiger partial charge in [-0.1, -0.05) is 6.07 Å². The van der Waals surface area contributed by atoms with Gasteiger partial charge in [-0.15, -0.1) is 0 Å². The largest absolute Gasteiger partial charge is 0.418 e. The molecular weight excluding hydrogens is 679 g/mol. The number of benzene rings is 1. The number of amides is 1. The van der Waals surface area contributed by atoms with Gasteiger partial charge in [0.25, 0.3) is 0 Å². The minimum Gasteiger partial charge on any atom is -0.327 e. The maximum atomic E-state index is 14.7. The summed E-state index contributed by atoms with van der Waals surface area (Å²) in [6.07, 6.45) is -0.877. The third-order valence-corrected chi connectivity index (χ3v) is 9.54. The minimum absolute atomic E-state index is 0.00733. The molecule has 1 saturated heterocycles. The van der Waals surface area contributed by atoms with Crippen LogP contribution in [0.4, 0.5) is 13.2 Å². The second kappa shape index (κ2) is 11.9. The molecule has 1 saturated carbocycles. The summed E-state index contributed by atoms with van der Waals surface area (Å²) in [5.41, 5.74) is 0.0163. The summed E-state index contributed by atoms with van der Waals surface area (Å²) >= 11 is 3.35. The Kier molecular flexibility index (Phi) is 8.32. The number of pyridine rings is 1. The Bertz CT molecular complexity index is 1930. The number of fused-ring (bicyclic) bond motifs is 2. The smallest absolute Gasteiger partial charge is 0.327 e. The van der Waals surface area contributed by atoms with Gasteiger partial charge in [0.1, 0.15) is 22.7 Å². The van der Waals surface area contributed by atoms with E-state index in [1.807, 2.05) is 32.0 Å². The quantitative estimate of drug-likeness (QED) is 0.172. The van der Waals surface area contributed by atoms with Crippen LogP contribution < -0.4 is 0 Å². The number of hydrogen-bond acceptors (Lipinski definition) is 8. The molecule has 3 aromatic heterocycles. The van der Waals surface area contributed by atoms with Gasteiger partial charge in [-0.2, -0.15) is 18.3 Å². The van der Waals surface area contributed by atoms with Crippen LogP contribution in [0, 0.1) is 19.3 Å². The number of aromatic nitrogens is 5. The van der Waals surface area contributed by atoms with E-state index in [-0.39, 0.29) is 45.8 Å². The van der Waals surface area contributed by atoms with Crippen molar-refractivity contribution in [2.24, 2.45) is 5.41 Å². The lowest BCUT2D eigenvalue weighted by atomic mass is 9.94. The number of Topliss-reactive ketones (excluding diaryl/α,β-unsaturated/α-hetero) is 2. The fourth-order valence-corrected chi connectivity index (χ4v) is 7.30. The maximum Gasteiger partial charge on any atom is 0.418 e. The first-order valence-corrected chi connectivity index (χ1v) is 15.9. The zero-order valence-corrected chi connectivity index (χ0v) is 28.1. The fraction of sp³-hybridized carbons (Fsp3) is 0.424. The predicted octanol–water partition coefficient (Wildman–Crippen LogP) is 5.22. The number of carbonyl (C=O) groups is 3. The van der Waals surface area contributed by atoms with E-state index in [4.69, 9.17) is 0 Å². The Hall–Kier alpha value is -4.04. The van der Waals surface area contributed by atoms with E-state index in [0.717, 1.165) is 16.3 Å². The van der Waals surface area contributed by atoms with Crippen LogP contribution in [-0.4, -0.2) is 84.7 Å². The number of likely N-dealkylation sites (tertiary alicyclic amines) is 1. The van der Waals surface area contributed by atoms with Crippen molar-refractivity contribution >= 4 is 44.3 Å². The van der Waals surface area contributed by atoms with Gasteiger partial charge in [-0.3, -0.25) is 19.1 Å². The van der Waals surface area contributed by atoms with Gasteiger partial charge in [-0.05, 0) is 86.0 Å². The van der Waals surface area contributed by atoms with E-state index in [1.165, 1.54) is 25.4 Å². The number of aryl methyl sites for hydroxylation is 2. The molecule has 1 aliphatic heterocycles. The van der Waals surface area contributed by atoms with Crippen LogP contribution in [0.25, 0.3) is 22.0 Å². The molecule has 0 unspecified atom stereocenters. The SMILES string of the molecule is CC(=O)c1nn(CC(=O)N2[C@H](C(=O)Cc3nc(Br)ccc3C)C[C@@]3(CN(C)C)C[C@@H]23)c2c(C(F)(F)F)cc(-c3cnc(C)nc3)cc12. The van der Waals surface area contributed by atoms with Gasteiger partial charge in [-0.25, -0.2) is 15.0 Å². The monoisotopic (exact) mass is 711 g/mol. The summed E-state index contributed by atoms with van der Waals surface area (Å²) in [6, 6.07) is 5.03. The van der Waals surface area contributed by atoms with Gasteiger partial charge in [0.2, 0.25) is 5.91 Å². The van der Waals surface area contributed by atoms with Crippen LogP contribution in [0.3, 0.4) is 0 Å². The molecule has 0 radical (unpaired) electrons. The Morgan fingerprint density at radius 2 is 1.77 bits per heavy atom. The third-order valence-electron chi connectivity index (χ3n) is 9.10. The van der Waals surface area contributed by atoms with E-state index >= 15 is 0 Å². The topological polar surface area (TPSA) is 114 Å². The van der Waals surface area contributed by atoms with Crippen molar-refractivity contribution < 1.29 is 27.6 Å². The number of halogens is 4. The molecule has 4 heterocycles. The number of ketones is 2. The molecule has 6 rings (SSSR count). The van der Waals surface area contributed by atoms with Crippen LogP contribution in [0.15, 0.2) is 41.3 Å². The molecule has 1 aliphatic carbocycles. The lowest BCUT2D eigenvalue weighted by Gasteiger charge is -2.27.